The molecule has 2 rings (SSSR count). The maximum absolute atomic E-state index is 13.5. The molecule has 0 saturated carbocycles. The van der Waals surface area contributed by atoms with E-state index in [2.05, 4.69) is 9.64 Å². The minimum absolute atomic E-state index is 0.000204. The second-order valence-corrected chi connectivity index (χ2v) is 3.01. The number of halogens is 2. The van der Waals surface area contributed by atoms with E-state index in [0.29, 0.717) is 0 Å². The van der Waals surface area contributed by atoms with Gasteiger partial charge in [0.15, 0.2) is 5.82 Å². The number of aromatic nitrogens is 1. The number of benzene rings is 1. The van der Waals surface area contributed by atoms with Crippen molar-refractivity contribution in [1.29, 1.82) is 0 Å². The van der Waals surface area contributed by atoms with Crippen molar-refractivity contribution in [1.82, 2.24) is 4.98 Å². The van der Waals surface area contributed by atoms with E-state index in [1.807, 2.05) is 0 Å². The molecule has 0 bridgehead atoms. The lowest BCUT2D eigenvalue weighted by molar-refractivity contribution is 0.274. The molecule has 0 fully saturated rings. The Morgan fingerprint density at radius 3 is 2.50 bits per heavy atom. The molecule has 0 amide bonds. The fourth-order valence-electron chi connectivity index (χ4n) is 1.31. The van der Waals surface area contributed by atoms with Crippen LogP contribution in [0.2, 0.25) is 0 Å². The van der Waals surface area contributed by atoms with Gasteiger partial charge in [-0.2, -0.15) is 4.39 Å². The van der Waals surface area contributed by atoms with Crippen molar-refractivity contribution in [3.8, 4) is 5.88 Å². The van der Waals surface area contributed by atoms with Crippen LogP contribution in [0.25, 0.3) is 10.9 Å². The van der Waals surface area contributed by atoms with Gasteiger partial charge in [-0.3, -0.25) is 0 Å². The number of nitrogens with zero attached hydrogens (tertiary/aromatic N) is 1. The van der Waals surface area contributed by atoms with Gasteiger partial charge >= 0.3 is 7.32 Å². The third-order valence-electron chi connectivity index (χ3n) is 1.96. The lowest BCUT2D eigenvalue weighted by Crippen LogP contribution is -2.22. The average Bonchev–Trinajstić information content (AvgIpc) is 2.25. The molecular formula is C9H6BF2NO3. The first-order valence-electron chi connectivity index (χ1n) is 4.36. The second kappa shape index (κ2) is 4.03. The maximum atomic E-state index is 13.5. The zero-order valence-electron chi connectivity index (χ0n) is 7.89. The Hall–Kier alpha value is -1.73. The Morgan fingerprint density at radius 2 is 1.81 bits per heavy atom. The van der Waals surface area contributed by atoms with Gasteiger partial charge in [0.05, 0.1) is 5.52 Å². The summed E-state index contributed by atoms with van der Waals surface area (Å²) >= 11 is 0. The van der Waals surface area contributed by atoms with Crippen molar-refractivity contribution in [2.45, 2.75) is 0 Å². The van der Waals surface area contributed by atoms with E-state index >= 15 is 0 Å². The van der Waals surface area contributed by atoms with Crippen LogP contribution in [0.4, 0.5) is 8.78 Å². The third-order valence-corrected chi connectivity index (χ3v) is 1.96. The predicted molar refractivity (Wildman–Crippen MR) is 52.5 cm³/mol. The van der Waals surface area contributed by atoms with Crippen LogP contribution < -0.4 is 4.65 Å². The highest BCUT2D eigenvalue weighted by Crippen LogP contribution is 2.24. The summed E-state index contributed by atoms with van der Waals surface area (Å²) in [5.74, 6) is -3.28. The van der Waals surface area contributed by atoms with Crippen molar-refractivity contribution in [2.75, 3.05) is 0 Å². The smallest absolute Gasteiger partial charge is 0.495 e. The summed E-state index contributed by atoms with van der Waals surface area (Å²) in [6, 6.07) is 5.94. The van der Waals surface area contributed by atoms with Crippen LogP contribution in [-0.2, 0) is 0 Å². The molecule has 0 atom stereocenters. The number of hydrogen-bond acceptors (Lipinski definition) is 4. The normalized spacial score (nSPS) is 10.5. The van der Waals surface area contributed by atoms with Gasteiger partial charge in [-0.05, 0) is 12.1 Å². The van der Waals surface area contributed by atoms with E-state index < -0.39 is 24.8 Å². The van der Waals surface area contributed by atoms with Crippen LogP contribution in [-0.4, -0.2) is 22.4 Å². The molecule has 1 heterocycles. The quantitative estimate of drug-likeness (QED) is 0.744. The number of para-hydroxylation sites is 1. The van der Waals surface area contributed by atoms with Gasteiger partial charge in [-0.1, -0.05) is 12.1 Å². The molecular weight excluding hydrogens is 219 g/mol. The van der Waals surface area contributed by atoms with Gasteiger partial charge in [-0.25, -0.2) is 9.37 Å². The first-order chi connectivity index (χ1) is 7.59. The van der Waals surface area contributed by atoms with E-state index in [1.54, 1.807) is 6.07 Å². The minimum atomic E-state index is -2.25. The van der Waals surface area contributed by atoms with Gasteiger partial charge in [0, 0.05) is 5.39 Å². The summed E-state index contributed by atoms with van der Waals surface area (Å²) in [7, 11) is -2.25. The van der Waals surface area contributed by atoms with E-state index in [1.165, 1.54) is 18.2 Å². The van der Waals surface area contributed by atoms with Crippen molar-refractivity contribution in [3.05, 3.63) is 35.9 Å². The molecule has 82 valence electrons. The first-order valence-corrected chi connectivity index (χ1v) is 4.36. The largest absolute Gasteiger partial charge is 0.708 e. The van der Waals surface area contributed by atoms with Crippen molar-refractivity contribution in [3.63, 3.8) is 0 Å². The van der Waals surface area contributed by atoms with Crippen LogP contribution in [0.5, 0.6) is 5.88 Å². The van der Waals surface area contributed by atoms with Crippen LogP contribution in [0.3, 0.4) is 0 Å². The highest BCUT2D eigenvalue weighted by molar-refractivity contribution is 6.33. The van der Waals surface area contributed by atoms with Crippen LogP contribution in [0.1, 0.15) is 0 Å². The molecule has 4 nitrogen and oxygen atoms in total. The van der Waals surface area contributed by atoms with Gasteiger partial charge in [0.25, 0.3) is 0 Å². The van der Waals surface area contributed by atoms with Crippen LogP contribution >= 0.6 is 0 Å². The molecule has 2 N–H and O–H groups in total. The Balaban J connectivity index is 2.64. The molecule has 0 aliphatic heterocycles. The van der Waals surface area contributed by atoms with Crippen molar-refractivity contribution < 1.29 is 23.5 Å². The fraction of sp³-hybridized carbons (Fsp3) is 0. The number of fused-ring (bicyclic) bond motifs is 1. The van der Waals surface area contributed by atoms with E-state index in [9.17, 15) is 8.78 Å². The SMILES string of the molecule is OB(O)Oc1nc2ccccc2c(F)c1F. The van der Waals surface area contributed by atoms with Gasteiger partial charge in [0.2, 0.25) is 11.7 Å². The summed E-state index contributed by atoms with van der Waals surface area (Å²) in [5.41, 5.74) is 0.164. The predicted octanol–water partition coefficient (Wildman–Crippen LogP) is 0.861. The minimum Gasteiger partial charge on any atom is -0.495 e. The third kappa shape index (κ3) is 1.82. The lowest BCUT2D eigenvalue weighted by atomic mass is 10.2. The van der Waals surface area contributed by atoms with Gasteiger partial charge in [-0.15, -0.1) is 0 Å². The molecule has 0 radical (unpaired) electrons. The average molecular weight is 225 g/mol. The Morgan fingerprint density at radius 1 is 1.12 bits per heavy atom. The van der Waals surface area contributed by atoms with E-state index in [-0.39, 0.29) is 10.9 Å². The monoisotopic (exact) mass is 225 g/mol. The molecule has 1 aromatic carbocycles. The first kappa shape index (κ1) is 10.8. The number of hydrogen-bond donors (Lipinski definition) is 2. The Kier molecular flexibility index (Phi) is 2.72. The lowest BCUT2D eigenvalue weighted by Gasteiger charge is -2.07. The molecule has 2 aromatic rings. The standard InChI is InChI=1S/C9H6BF2NO3/c11-7-5-3-1-2-4-6(5)13-9(8(7)12)16-10(14)15/h1-4,14-15H. The van der Waals surface area contributed by atoms with Crippen molar-refractivity contribution >= 4 is 18.2 Å². The van der Waals surface area contributed by atoms with Gasteiger partial charge in [0.1, 0.15) is 0 Å². The summed E-state index contributed by atoms with van der Waals surface area (Å²) in [5, 5.41) is 17.0. The highest BCUT2D eigenvalue weighted by atomic mass is 19.2. The number of pyridine rings is 1. The van der Waals surface area contributed by atoms with E-state index in [0.717, 1.165) is 0 Å². The Labute approximate surface area is 89.3 Å². The molecule has 1 aromatic heterocycles. The fourth-order valence-corrected chi connectivity index (χ4v) is 1.31. The van der Waals surface area contributed by atoms with Gasteiger partial charge < -0.3 is 14.7 Å². The topological polar surface area (TPSA) is 62.6 Å². The Bertz CT molecular complexity index is 535. The summed E-state index contributed by atoms with van der Waals surface area (Å²) < 4.78 is 31.0. The summed E-state index contributed by atoms with van der Waals surface area (Å²) in [6.45, 7) is 0. The molecule has 0 unspecified atom stereocenters. The van der Waals surface area contributed by atoms with Crippen molar-refractivity contribution in [2.24, 2.45) is 0 Å². The number of rotatable bonds is 2. The second-order valence-electron chi connectivity index (χ2n) is 3.01. The molecule has 0 spiro atoms. The van der Waals surface area contributed by atoms with E-state index in [4.69, 9.17) is 10.0 Å². The summed E-state index contributed by atoms with van der Waals surface area (Å²) in [4.78, 5) is 3.62. The zero-order valence-corrected chi connectivity index (χ0v) is 7.89. The molecule has 16 heavy (non-hydrogen) atoms. The molecule has 7 heteroatoms. The van der Waals surface area contributed by atoms with Crippen LogP contribution in [0.15, 0.2) is 24.3 Å². The summed E-state index contributed by atoms with van der Waals surface area (Å²) in [6.07, 6.45) is 0. The molecule has 0 saturated heterocycles. The molecule has 0 aliphatic carbocycles. The maximum Gasteiger partial charge on any atom is 0.708 e. The zero-order chi connectivity index (χ0) is 11.7. The van der Waals surface area contributed by atoms with Crippen LogP contribution in [0, 0.1) is 11.6 Å². The highest BCUT2D eigenvalue weighted by Gasteiger charge is 2.20. The molecule has 0 aliphatic rings.